The minimum Gasteiger partial charge on any atom is -0.444 e. The average molecular weight is 464 g/mol. The van der Waals surface area contributed by atoms with E-state index in [4.69, 9.17) is 28.6 Å². The summed E-state index contributed by atoms with van der Waals surface area (Å²) in [7, 11) is 0. The van der Waals surface area contributed by atoms with E-state index < -0.39 is 17.4 Å². The predicted molar refractivity (Wildman–Crippen MR) is 123 cm³/mol. The number of amides is 3. The predicted octanol–water partition coefficient (Wildman–Crippen LogP) is 4.05. The third-order valence-electron chi connectivity index (χ3n) is 5.01. The molecule has 0 aliphatic carbocycles. The number of allylic oxidation sites excluding steroid dienone is 1. The molecule has 3 amide bonds. The van der Waals surface area contributed by atoms with Crippen LogP contribution in [0, 0.1) is 5.92 Å². The maximum absolute atomic E-state index is 13.0. The van der Waals surface area contributed by atoms with E-state index >= 15 is 0 Å². The van der Waals surface area contributed by atoms with Gasteiger partial charge in [-0.15, -0.1) is 0 Å². The number of ether oxygens (including phenoxy) is 1. The van der Waals surface area contributed by atoms with E-state index in [-0.39, 0.29) is 22.7 Å². The van der Waals surface area contributed by atoms with Gasteiger partial charge in [-0.2, -0.15) is 0 Å². The number of benzene rings is 1. The molecule has 0 spiro atoms. The van der Waals surface area contributed by atoms with Crippen LogP contribution >= 0.6 is 23.8 Å². The lowest BCUT2D eigenvalue weighted by molar-refractivity contribution is -0.122. The van der Waals surface area contributed by atoms with Gasteiger partial charge in [-0.05, 0) is 82.4 Å². The summed E-state index contributed by atoms with van der Waals surface area (Å²) in [6.45, 7) is 6.66. The highest BCUT2D eigenvalue weighted by Crippen LogP contribution is 2.26. The summed E-state index contributed by atoms with van der Waals surface area (Å²) in [4.78, 5) is 40.8. The van der Waals surface area contributed by atoms with Gasteiger partial charge in [0, 0.05) is 18.1 Å². The monoisotopic (exact) mass is 463 g/mol. The van der Waals surface area contributed by atoms with Crippen LogP contribution < -0.4 is 10.2 Å². The molecule has 2 saturated heterocycles. The van der Waals surface area contributed by atoms with Gasteiger partial charge in [0.15, 0.2) is 5.11 Å². The molecule has 1 N–H and O–H groups in total. The molecule has 1 unspecified atom stereocenters. The molecule has 3 rings (SSSR count). The normalized spacial score (nSPS) is 21.4. The Balaban J connectivity index is 1.71. The number of carbonyl (C=O) groups is 3. The summed E-state index contributed by atoms with van der Waals surface area (Å²) in [5.41, 5.74) is 0.0133. The Hall–Kier alpha value is -2.45. The summed E-state index contributed by atoms with van der Waals surface area (Å²) in [5.74, 6) is -0.858. The summed E-state index contributed by atoms with van der Waals surface area (Å²) >= 11 is 11.1. The first-order valence-electron chi connectivity index (χ1n) is 10.2. The molecule has 1 atom stereocenters. The lowest BCUT2D eigenvalue weighted by Gasteiger charge is -2.34. The van der Waals surface area contributed by atoms with Crippen LogP contribution in [0.1, 0.15) is 40.0 Å². The first-order chi connectivity index (χ1) is 14.5. The molecule has 2 aliphatic rings. The number of halogens is 1. The van der Waals surface area contributed by atoms with Crippen LogP contribution in [0.2, 0.25) is 5.02 Å². The van der Waals surface area contributed by atoms with Gasteiger partial charge in [0.2, 0.25) is 0 Å². The van der Waals surface area contributed by atoms with Crippen LogP contribution in [0.3, 0.4) is 0 Å². The highest BCUT2D eigenvalue weighted by Gasteiger charge is 2.35. The first kappa shape index (κ1) is 23.2. The second kappa shape index (κ2) is 9.36. The standard InChI is InChI=1S/C22H26ClN3O4S/c1-22(2,3)30-21(29)25-12-4-5-14(13-25)6-11-17-18(27)24-20(31)26(19(17)28)16-9-7-15(23)8-10-16/h7-11,14H,4-6,12-13H2,1-3H3,(H,24,27,31)/b17-11+. The Bertz CT molecular complexity index is 924. The van der Waals surface area contributed by atoms with E-state index in [1.807, 2.05) is 20.8 Å². The number of nitrogens with zero attached hydrogens (tertiary/aromatic N) is 2. The summed E-state index contributed by atoms with van der Waals surface area (Å²) in [6, 6.07) is 6.64. The number of piperidine rings is 1. The van der Waals surface area contributed by atoms with Crippen LogP contribution in [0.15, 0.2) is 35.9 Å². The zero-order valence-electron chi connectivity index (χ0n) is 17.8. The van der Waals surface area contributed by atoms with Crippen molar-refractivity contribution in [1.29, 1.82) is 0 Å². The van der Waals surface area contributed by atoms with E-state index in [9.17, 15) is 14.4 Å². The number of thiocarbonyl (C=S) groups is 1. The lowest BCUT2D eigenvalue weighted by atomic mass is 9.93. The molecular weight excluding hydrogens is 438 g/mol. The van der Waals surface area contributed by atoms with Crippen molar-refractivity contribution in [2.75, 3.05) is 18.0 Å². The Morgan fingerprint density at radius 3 is 2.61 bits per heavy atom. The minimum atomic E-state index is -0.553. The fourth-order valence-electron chi connectivity index (χ4n) is 3.57. The van der Waals surface area contributed by atoms with Crippen molar-refractivity contribution in [3.05, 3.63) is 40.9 Å². The molecule has 0 bridgehead atoms. The maximum atomic E-state index is 13.0. The molecule has 9 heteroatoms. The number of carbonyl (C=O) groups excluding carboxylic acids is 3. The fraction of sp³-hybridized carbons (Fsp3) is 0.455. The van der Waals surface area contributed by atoms with Crippen LogP contribution in [0.25, 0.3) is 0 Å². The number of anilines is 1. The van der Waals surface area contributed by atoms with Gasteiger partial charge in [-0.1, -0.05) is 17.7 Å². The number of rotatable bonds is 3. The van der Waals surface area contributed by atoms with E-state index in [2.05, 4.69) is 5.32 Å². The second-order valence-electron chi connectivity index (χ2n) is 8.66. The third-order valence-corrected chi connectivity index (χ3v) is 5.55. The van der Waals surface area contributed by atoms with Crippen molar-refractivity contribution < 1.29 is 19.1 Å². The van der Waals surface area contributed by atoms with Gasteiger partial charge >= 0.3 is 6.09 Å². The summed E-state index contributed by atoms with van der Waals surface area (Å²) < 4.78 is 5.46. The van der Waals surface area contributed by atoms with Gasteiger partial charge in [0.25, 0.3) is 11.8 Å². The smallest absolute Gasteiger partial charge is 0.410 e. The summed E-state index contributed by atoms with van der Waals surface area (Å²) in [5, 5.41) is 3.14. The highest BCUT2D eigenvalue weighted by molar-refractivity contribution is 7.80. The number of nitrogens with one attached hydrogen (secondary N) is 1. The van der Waals surface area contributed by atoms with Crippen molar-refractivity contribution in [2.24, 2.45) is 5.92 Å². The fourth-order valence-corrected chi connectivity index (χ4v) is 3.98. The van der Waals surface area contributed by atoms with E-state index in [1.54, 1.807) is 35.2 Å². The van der Waals surface area contributed by atoms with Crippen molar-refractivity contribution in [2.45, 2.75) is 45.6 Å². The zero-order valence-corrected chi connectivity index (χ0v) is 19.4. The third kappa shape index (κ3) is 5.83. The Labute approximate surface area is 192 Å². The quantitative estimate of drug-likeness (QED) is 0.415. The van der Waals surface area contributed by atoms with Crippen molar-refractivity contribution in [1.82, 2.24) is 10.2 Å². The second-order valence-corrected chi connectivity index (χ2v) is 9.49. The molecule has 0 aromatic heterocycles. The van der Waals surface area contributed by atoms with Crippen LogP contribution in [0.5, 0.6) is 0 Å². The maximum Gasteiger partial charge on any atom is 0.410 e. The van der Waals surface area contributed by atoms with Crippen molar-refractivity contribution in [3.8, 4) is 0 Å². The minimum absolute atomic E-state index is 0.0308. The van der Waals surface area contributed by atoms with E-state index in [0.717, 1.165) is 12.8 Å². The number of likely N-dealkylation sites (tertiary alicyclic amines) is 1. The van der Waals surface area contributed by atoms with E-state index in [0.29, 0.717) is 30.2 Å². The Kier molecular flexibility index (Phi) is 7.01. The Morgan fingerprint density at radius 2 is 1.97 bits per heavy atom. The molecule has 166 valence electrons. The SMILES string of the molecule is CC(C)(C)OC(=O)N1CCCC(C/C=C2\C(=O)NC(=S)N(c3ccc(Cl)cc3)C2=O)C1. The Morgan fingerprint density at radius 1 is 1.29 bits per heavy atom. The largest absolute Gasteiger partial charge is 0.444 e. The first-order valence-corrected chi connectivity index (χ1v) is 11.0. The number of hydrogen-bond acceptors (Lipinski definition) is 5. The van der Waals surface area contributed by atoms with Crippen LogP contribution in [-0.4, -0.2) is 46.6 Å². The van der Waals surface area contributed by atoms with Crippen molar-refractivity contribution in [3.63, 3.8) is 0 Å². The zero-order chi connectivity index (χ0) is 22.8. The van der Waals surface area contributed by atoms with Crippen LogP contribution in [0.4, 0.5) is 10.5 Å². The molecule has 0 saturated carbocycles. The molecular formula is C22H26ClN3O4S. The summed E-state index contributed by atoms with van der Waals surface area (Å²) in [6.07, 6.45) is 3.54. The van der Waals surface area contributed by atoms with Gasteiger partial charge in [0.05, 0.1) is 5.69 Å². The van der Waals surface area contributed by atoms with Gasteiger partial charge in [-0.3, -0.25) is 19.8 Å². The van der Waals surface area contributed by atoms with Crippen molar-refractivity contribution >= 4 is 52.5 Å². The van der Waals surface area contributed by atoms with Gasteiger partial charge in [0.1, 0.15) is 11.2 Å². The van der Waals surface area contributed by atoms with Crippen LogP contribution in [-0.2, 0) is 14.3 Å². The topological polar surface area (TPSA) is 79.0 Å². The van der Waals surface area contributed by atoms with Gasteiger partial charge < -0.3 is 9.64 Å². The number of hydrogen-bond donors (Lipinski definition) is 1. The lowest BCUT2D eigenvalue weighted by Crippen LogP contribution is -2.54. The molecule has 7 nitrogen and oxygen atoms in total. The highest BCUT2D eigenvalue weighted by atomic mass is 35.5. The molecule has 2 heterocycles. The molecule has 2 fully saturated rings. The van der Waals surface area contributed by atoms with E-state index in [1.165, 1.54) is 4.90 Å². The molecule has 2 aliphatic heterocycles. The molecule has 31 heavy (non-hydrogen) atoms. The average Bonchev–Trinajstić information content (AvgIpc) is 2.68. The molecule has 1 aromatic rings. The molecule has 0 radical (unpaired) electrons. The van der Waals surface area contributed by atoms with Gasteiger partial charge in [-0.25, -0.2) is 4.79 Å². The molecule has 1 aromatic carbocycles.